The Balaban J connectivity index is 2.19. The van der Waals surface area contributed by atoms with Crippen LogP contribution in [0.4, 0.5) is 0 Å². The van der Waals surface area contributed by atoms with Gasteiger partial charge >= 0.3 is 0 Å². The van der Waals surface area contributed by atoms with Crippen LogP contribution in [0.5, 0.6) is 0 Å². The van der Waals surface area contributed by atoms with Crippen LogP contribution in [0, 0.1) is 5.92 Å². The van der Waals surface area contributed by atoms with Crippen molar-refractivity contribution >= 4 is 11.1 Å². The first-order chi connectivity index (χ1) is 5.33. The molecule has 0 spiro atoms. The molecule has 0 saturated heterocycles. The Morgan fingerprint density at radius 2 is 2.00 bits per heavy atom. The van der Waals surface area contributed by atoms with Gasteiger partial charge in [0, 0.05) is 0 Å². The maximum Gasteiger partial charge on any atom is 0.155 e. The fourth-order valence-electron chi connectivity index (χ4n) is 1.61. The van der Waals surface area contributed by atoms with E-state index in [-0.39, 0.29) is 0 Å². The van der Waals surface area contributed by atoms with Gasteiger partial charge in [0.05, 0.1) is 12.9 Å². The van der Waals surface area contributed by atoms with Gasteiger partial charge in [0.1, 0.15) is 0 Å². The van der Waals surface area contributed by atoms with Crippen LogP contribution in [0.15, 0.2) is 0 Å². The van der Waals surface area contributed by atoms with E-state index in [1.54, 1.807) is 0 Å². The Bertz CT molecular complexity index is 130. The second kappa shape index (κ2) is 4.88. The van der Waals surface area contributed by atoms with Gasteiger partial charge in [0.15, 0.2) is 11.1 Å². The van der Waals surface area contributed by atoms with E-state index in [4.69, 9.17) is 4.18 Å². The Labute approximate surface area is 71.0 Å². The van der Waals surface area contributed by atoms with Crippen LogP contribution in [0.1, 0.15) is 32.1 Å². The second-order valence-corrected chi connectivity index (χ2v) is 4.42. The average molecular weight is 176 g/mol. The van der Waals surface area contributed by atoms with Gasteiger partial charge in [-0.2, -0.15) is 0 Å². The summed E-state index contributed by atoms with van der Waals surface area (Å²) >= 11 is -1.02. The van der Waals surface area contributed by atoms with Crippen LogP contribution < -0.4 is 0 Å². The lowest BCUT2D eigenvalue weighted by atomic mass is 9.91. The minimum absolute atomic E-state index is 0.657. The first-order valence-corrected chi connectivity index (χ1v) is 5.50. The second-order valence-electron chi connectivity index (χ2n) is 3.14. The van der Waals surface area contributed by atoms with Gasteiger partial charge in [0.2, 0.25) is 0 Å². The van der Waals surface area contributed by atoms with Crippen LogP contribution in [0.2, 0.25) is 0 Å². The lowest BCUT2D eigenvalue weighted by Crippen LogP contribution is -2.15. The summed E-state index contributed by atoms with van der Waals surface area (Å²) in [5.41, 5.74) is 0. The third kappa shape index (κ3) is 3.34. The standard InChI is InChI=1S/C8H16O2S/c1-10-11(9)7-8-5-3-2-4-6-8/h8H,2-7H2,1H3. The molecule has 0 radical (unpaired) electrons. The van der Waals surface area contributed by atoms with Crippen molar-refractivity contribution in [2.24, 2.45) is 5.92 Å². The van der Waals surface area contributed by atoms with Crippen molar-refractivity contribution in [3.63, 3.8) is 0 Å². The molecule has 0 bridgehead atoms. The quantitative estimate of drug-likeness (QED) is 0.656. The Kier molecular flexibility index (Phi) is 4.08. The van der Waals surface area contributed by atoms with Gasteiger partial charge in [0.25, 0.3) is 0 Å². The molecule has 0 aromatic rings. The minimum atomic E-state index is -1.02. The highest BCUT2D eigenvalue weighted by atomic mass is 32.2. The lowest BCUT2D eigenvalue weighted by molar-refractivity contribution is 0.374. The molecule has 0 amide bonds. The van der Waals surface area contributed by atoms with Crippen molar-refractivity contribution in [2.45, 2.75) is 32.1 Å². The molecule has 1 atom stereocenters. The van der Waals surface area contributed by atoms with E-state index in [0.29, 0.717) is 5.92 Å². The van der Waals surface area contributed by atoms with E-state index in [2.05, 4.69) is 0 Å². The topological polar surface area (TPSA) is 26.3 Å². The first kappa shape index (κ1) is 9.20. The molecular weight excluding hydrogens is 160 g/mol. The predicted octanol–water partition coefficient (Wildman–Crippen LogP) is 1.88. The monoisotopic (exact) mass is 176 g/mol. The molecule has 1 aliphatic rings. The van der Waals surface area contributed by atoms with Crippen LogP contribution >= 0.6 is 0 Å². The first-order valence-electron chi connectivity index (χ1n) is 4.26. The summed E-state index contributed by atoms with van der Waals surface area (Å²) in [5.74, 6) is 1.40. The van der Waals surface area contributed by atoms with E-state index in [1.165, 1.54) is 39.2 Å². The highest BCUT2D eigenvalue weighted by molar-refractivity contribution is 7.80. The molecule has 1 rings (SSSR count). The summed E-state index contributed by atoms with van der Waals surface area (Å²) in [6.07, 6.45) is 6.47. The Morgan fingerprint density at radius 1 is 1.36 bits per heavy atom. The molecule has 66 valence electrons. The predicted molar refractivity (Wildman–Crippen MR) is 46.6 cm³/mol. The highest BCUT2D eigenvalue weighted by Crippen LogP contribution is 2.24. The van der Waals surface area contributed by atoms with E-state index in [0.717, 1.165) is 5.75 Å². The van der Waals surface area contributed by atoms with E-state index >= 15 is 0 Å². The van der Waals surface area contributed by atoms with Gasteiger partial charge in [-0.15, -0.1) is 0 Å². The highest BCUT2D eigenvalue weighted by Gasteiger charge is 2.15. The molecule has 1 unspecified atom stereocenters. The summed E-state index contributed by atoms with van der Waals surface area (Å²) in [5, 5.41) is 0. The van der Waals surface area contributed by atoms with E-state index in [1.807, 2.05) is 0 Å². The number of hydrogen-bond acceptors (Lipinski definition) is 2. The van der Waals surface area contributed by atoms with Crippen molar-refractivity contribution in [2.75, 3.05) is 12.9 Å². The van der Waals surface area contributed by atoms with E-state index < -0.39 is 11.1 Å². The molecule has 11 heavy (non-hydrogen) atoms. The molecule has 0 heterocycles. The molecule has 3 heteroatoms. The minimum Gasteiger partial charge on any atom is -0.294 e. The lowest BCUT2D eigenvalue weighted by Gasteiger charge is -2.19. The third-order valence-electron chi connectivity index (χ3n) is 2.28. The smallest absolute Gasteiger partial charge is 0.155 e. The largest absolute Gasteiger partial charge is 0.294 e. The summed E-state index contributed by atoms with van der Waals surface area (Å²) in [4.78, 5) is 0. The third-order valence-corrected chi connectivity index (χ3v) is 3.40. The summed E-state index contributed by atoms with van der Waals surface area (Å²) in [7, 11) is 1.51. The molecule has 0 N–H and O–H groups in total. The Hall–Kier alpha value is 0.110. The van der Waals surface area contributed by atoms with Crippen LogP contribution in [0.3, 0.4) is 0 Å². The Morgan fingerprint density at radius 3 is 2.55 bits per heavy atom. The molecular formula is C8H16O2S. The van der Waals surface area contributed by atoms with Crippen molar-refractivity contribution in [1.29, 1.82) is 0 Å². The molecule has 1 saturated carbocycles. The molecule has 1 aliphatic carbocycles. The van der Waals surface area contributed by atoms with Gasteiger partial charge in [-0.05, 0) is 18.8 Å². The van der Waals surface area contributed by atoms with Crippen LogP contribution in [-0.2, 0) is 15.3 Å². The van der Waals surface area contributed by atoms with Gasteiger partial charge in [-0.25, -0.2) is 4.21 Å². The summed E-state index contributed by atoms with van der Waals surface area (Å²) in [6, 6.07) is 0. The molecule has 0 aromatic heterocycles. The molecule has 0 aromatic carbocycles. The van der Waals surface area contributed by atoms with Crippen molar-refractivity contribution in [3.8, 4) is 0 Å². The molecule has 1 fully saturated rings. The normalized spacial score (nSPS) is 23.4. The summed E-state index contributed by atoms with van der Waals surface area (Å²) in [6.45, 7) is 0. The zero-order valence-corrected chi connectivity index (χ0v) is 7.86. The number of rotatable bonds is 3. The van der Waals surface area contributed by atoms with Gasteiger partial charge in [-0.1, -0.05) is 19.3 Å². The molecule has 2 nitrogen and oxygen atoms in total. The SMILES string of the molecule is COS(=O)CC1CCCCC1. The van der Waals surface area contributed by atoms with Crippen molar-refractivity contribution in [3.05, 3.63) is 0 Å². The van der Waals surface area contributed by atoms with Gasteiger partial charge < -0.3 is 0 Å². The maximum atomic E-state index is 11.0. The zero-order valence-electron chi connectivity index (χ0n) is 7.04. The maximum absolute atomic E-state index is 11.0. The summed E-state index contributed by atoms with van der Waals surface area (Å²) < 4.78 is 15.7. The van der Waals surface area contributed by atoms with Crippen molar-refractivity contribution < 1.29 is 8.39 Å². The van der Waals surface area contributed by atoms with Crippen molar-refractivity contribution in [1.82, 2.24) is 0 Å². The van der Waals surface area contributed by atoms with Gasteiger partial charge in [-0.3, -0.25) is 4.18 Å². The fraction of sp³-hybridized carbons (Fsp3) is 1.00. The molecule has 0 aliphatic heterocycles. The average Bonchev–Trinajstić information content (AvgIpc) is 2.06. The van der Waals surface area contributed by atoms with E-state index in [9.17, 15) is 4.21 Å². The van der Waals surface area contributed by atoms with Crippen LogP contribution in [-0.4, -0.2) is 17.1 Å². The number of hydrogen-bond donors (Lipinski definition) is 0. The fourth-order valence-corrected chi connectivity index (χ4v) is 2.47. The van der Waals surface area contributed by atoms with Crippen LogP contribution in [0.25, 0.3) is 0 Å². The zero-order chi connectivity index (χ0) is 8.10.